The molecule has 5 rings (SSSR count). The maximum Gasteiger partial charge on any atom is 0.336 e. The van der Waals surface area contributed by atoms with Crippen LogP contribution in [0.4, 0.5) is 0 Å². The molecule has 1 aliphatic carbocycles. The summed E-state index contributed by atoms with van der Waals surface area (Å²) in [7, 11) is 0. The zero-order valence-corrected chi connectivity index (χ0v) is 17.6. The molecular weight excluding hydrogens is 380 g/mol. The number of hydrogen-bond donors (Lipinski definition) is 1. The van der Waals surface area contributed by atoms with Crippen molar-refractivity contribution in [2.24, 2.45) is 0 Å². The summed E-state index contributed by atoms with van der Waals surface area (Å²) in [4.78, 5) is 27.0. The number of amides is 1. The van der Waals surface area contributed by atoms with Crippen molar-refractivity contribution in [1.29, 1.82) is 0 Å². The molecule has 160 valence electrons. The highest BCUT2D eigenvalue weighted by molar-refractivity contribution is 5.83. The molecule has 1 aromatic carbocycles. The number of nitrogens with zero attached hydrogens (tertiary/aromatic N) is 1. The van der Waals surface area contributed by atoms with E-state index in [-0.39, 0.29) is 11.5 Å². The standard InChI is InChI=1S/C24H30N2O4/c1-15(24(28)26-13-17-7-8-18(14-26)25-17)29-19-9-10-20-21(16-5-3-2-4-6-16)12-23(27)30-22(20)11-19/h9-12,15-18,25H,2-8,13-14H2,1H3/t15-,17?,18?/m1/s1. The van der Waals surface area contributed by atoms with Crippen molar-refractivity contribution in [2.45, 2.75) is 76.0 Å². The van der Waals surface area contributed by atoms with E-state index in [1.54, 1.807) is 19.1 Å². The van der Waals surface area contributed by atoms with Crippen LogP contribution in [0.25, 0.3) is 11.0 Å². The molecule has 0 radical (unpaired) electrons. The van der Waals surface area contributed by atoms with Gasteiger partial charge >= 0.3 is 5.63 Å². The maximum absolute atomic E-state index is 12.9. The Morgan fingerprint density at radius 2 is 1.83 bits per heavy atom. The van der Waals surface area contributed by atoms with Crippen molar-refractivity contribution < 1.29 is 13.9 Å². The van der Waals surface area contributed by atoms with Gasteiger partial charge in [0.15, 0.2) is 6.10 Å². The molecule has 1 saturated carbocycles. The molecule has 2 aromatic rings. The second kappa shape index (κ2) is 8.06. The number of ether oxygens (including phenoxy) is 1. The third kappa shape index (κ3) is 3.85. The smallest absolute Gasteiger partial charge is 0.336 e. The van der Waals surface area contributed by atoms with Gasteiger partial charge in [-0.2, -0.15) is 0 Å². The lowest BCUT2D eigenvalue weighted by molar-refractivity contribution is -0.139. The normalized spacial score (nSPS) is 25.4. The first-order valence-corrected chi connectivity index (χ1v) is 11.4. The van der Waals surface area contributed by atoms with Gasteiger partial charge in [-0.15, -0.1) is 0 Å². The third-order valence-electron chi connectivity index (χ3n) is 6.98. The summed E-state index contributed by atoms with van der Waals surface area (Å²) in [5, 5.41) is 4.52. The largest absolute Gasteiger partial charge is 0.481 e. The predicted octanol–water partition coefficient (Wildman–Crippen LogP) is 3.57. The number of fused-ring (bicyclic) bond motifs is 3. The number of rotatable bonds is 4. The highest BCUT2D eigenvalue weighted by Gasteiger charge is 2.36. The molecule has 2 aliphatic heterocycles. The molecule has 1 aromatic heterocycles. The van der Waals surface area contributed by atoms with E-state index in [0.717, 1.165) is 49.7 Å². The van der Waals surface area contributed by atoms with Gasteiger partial charge in [-0.25, -0.2) is 4.79 Å². The first-order chi connectivity index (χ1) is 14.6. The lowest BCUT2D eigenvalue weighted by Gasteiger charge is -2.34. The average molecular weight is 411 g/mol. The van der Waals surface area contributed by atoms with Crippen LogP contribution in [0.3, 0.4) is 0 Å². The zero-order chi connectivity index (χ0) is 20.7. The highest BCUT2D eigenvalue weighted by Crippen LogP contribution is 2.36. The van der Waals surface area contributed by atoms with Gasteiger partial charge in [0, 0.05) is 42.7 Å². The third-order valence-corrected chi connectivity index (χ3v) is 6.98. The fourth-order valence-electron chi connectivity index (χ4n) is 5.48. The molecule has 1 N–H and O–H groups in total. The maximum atomic E-state index is 12.9. The van der Waals surface area contributed by atoms with E-state index in [4.69, 9.17) is 9.15 Å². The number of carbonyl (C=O) groups is 1. The van der Waals surface area contributed by atoms with Gasteiger partial charge in [-0.3, -0.25) is 4.79 Å². The van der Waals surface area contributed by atoms with Crippen LogP contribution in [0.1, 0.15) is 63.4 Å². The van der Waals surface area contributed by atoms with Crippen molar-refractivity contribution in [3.63, 3.8) is 0 Å². The summed E-state index contributed by atoms with van der Waals surface area (Å²) in [6, 6.07) is 8.10. The van der Waals surface area contributed by atoms with Crippen LogP contribution < -0.4 is 15.7 Å². The van der Waals surface area contributed by atoms with Crippen molar-refractivity contribution in [3.05, 3.63) is 40.2 Å². The van der Waals surface area contributed by atoms with Gasteiger partial charge in [0.1, 0.15) is 11.3 Å². The van der Waals surface area contributed by atoms with Crippen LogP contribution in [0.5, 0.6) is 5.75 Å². The lowest BCUT2D eigenvalue weighted by Crippen LogP contribution is -2.55. The monoisotopic (exact) mass is 410 g/mol. The van der Waals surface area contributed by atoms with Gasteiger partial charge in [0.2, 0.25) is 0 Å². The fraction of sp³-hybridized carbons (Fsp3) is 0.583. The molecule has 2 unspecified atom stereocenters. The van der Waals surface area contributed by atoms with Crippen LogP contribution in [0.2, 0.25) is 0 Å². The molecule has 1 amide bonds. The highest BCUT2D eigenvalue weighted by atomic mass is 16.5. The molecule has 6 nitrogen and oxygen atoms in total. The molecule has 3 heterocycles. The average Bonchev–Trinajstić information content (AvgIpc) is 3.10. The van der Waals surface area contributed by atoms with E-state index in [1.165, 1.54) is 19.3 Å². The molecular formula is C24H30N2O4. The molecule has 6 heteroatoms. The van der Waals surface area contributed by atoms with Crippen LogP contribution in [-0.4, -0.2) is 42.1 Å². The molecule has 3 aliphatic rings. The second-order valence-electron chi connectivity index (χ2n) is 9.15. The Balaban J connectivity index is 1.34. The van der Waals surface area contributed by atoms with Crippen LogP contribution in [0, 0.1) is 0 Å². The lowest BCUT2D eigenvalue weighted by atomic mass is 9.83. The van der Waals surface area contributed by atoms with Gasteiger partial charge < -0.3 is 19.4 Å². The number of hydrogen-bond acceptors (Lipinski definition) is 5. The molecule has 3 atom stereocenters. The van der Waals surface area contributed by atoms with Crippen LogP contribution in [-0.2, 0) is 4.79 Å². The summed E-state index contributed by atoms with van der Waals surface area (Å²) >= 11 is 0. The number of piperazine rings is 1. The summed E-state index contributed by atoms with van der Waals surface area (Å²) < 4.78 is 11.5. The van der Waals surface area contributed by atoms with E-state index >= 15 is 0 Å². The molecule has 30 heavy (non-hydrogen) atoms. The van der Waals surface area contributed by atoms with Crippen LogP contribution in [0.15, 0.2) is 33.5 Å². The summed E-state index contributed by atoms with van der Waals surface area (Å²) in [6.07, 6.45) is 7.63. The van der Waals surface area contributed by atoms with Gasteiger partial charge in [0.25, 0.3) is 5.91 Å². The van der Waals surface area contributed by atoms with E-state index in [9.17, 15) is 9.59 Å². The summed E-state index contributed by atoms with van der Waals surface area (Å²) in [6.45, 7) is 3.30. The van der Waals surface area contributed by atoms with E-state index in [1.807, 2.05) is 17.0 Å². The van der Waals surface area contributed by atoms with Gasteiger partial charge in [-0.05, 0) is 56.2 Å². The molecule has 3 fully saturated rings. The fourth-order valence-corrected chi connectivity index (χ4v) is 5.48. The van der Waals surface area contributed by atoms with E-state index in [0.29, 0.717) is 29.3 Å². The Labute approximate surface area is 176 Å². The Morgan fingerprint density at radius 3 is 2.57 bits per heavy atom. The minimum Gasteiger partial charge on any atom is -0.481 e. The summed E-state index contributed by atoms with van der Waals surface area (Å²) in [5.41, 5.74) is 1.31. The number of carbonyl (C=O) groups excluding carboxylic acids is 1. The van der Waals surface area contributed by atoms with Crippen molar-refractivity contribution in [3.8, 4) is 5.75 Å². The minimum atomic E-state index is -0.576. The SMILES string of the molecule is C[C@@H](Oc1ccc2c(C3CCCCC3)cc(=O)oc2c1)C(=O)N1CC2CCC(C1)N2. The van der Waals surface area contributed by atoms with E-state index in [2.05, 4.69) is 5.32 Å². The number of benzene rings is 1. The van der Waals surface area contributed by atoms with Crippen molar-refractivity contribution in [1.82, 2.24) is 10.2 Å². The quantitative estimate of drug-likeness (QED) is 0.780. The first-order valence-electron chi connectivity index (χ1n) is 11.4. The Hall–Kier alpha value is -2.34. The number of nitrogens with one attached hydrogen (secondary N) is 1. The van der Waals surface area contributed by atoms with Crippen molar-refractivity contribution in [2.75, 3.05) is 13.1 Å². The van der Waals surface area contributed by atoms with Crippen molar-refractivity contribution >= 4 is 16.9 Å². The Bertz CT molecular complexity index is 982. The molecule has 0 spiro atoms. The Morgan fingerprint density at radius 1 is 1.10 bits per heavy atom. The second-order valence-corrected chi connectivity index (χ2v) is 9.15. The van der Waals surface area contributed by atoms with Crippen LogP contribution >= 0.6 is 0 Å². The Kier molecular flexibility index (Phi) is 5.27. The van der Waals surface area contributed by atoms with E-state index < -0.39 is 6.10 Å². The zero-order valence-electron chi connectivity index (χ0n) is 17.6. The predicted molar refractivity (Wildman–Crippen MR) is 115 cm³/mol. The summed E-state index contributed by atoms with van der Waals surface area (Å²) in [5.74, 6) is 0.997. The topological polar surface area (TPSA) is 71.8 Å². The van der Waals surface area contributed by atoms with Gasteiger partial charge in [-0.1, -0.05) is 19.3 Å². The minimum absolute atomic E-state index is 0.0194. The molecule has 2 saturated heterocycles. The number of likely N-dealkylation sites (tertiary alicyclic amines) is 1. The molecule has 2 bridgehead atoms. The first kappa shape index (κ1) is 19.6. The van der Waals surface area contributed by atoms with Gasteiger partial charge in [0.05, 0.1) is 0 Å².